The van der Waals surface area contributed by atoms with E-state index >= 15 is 0 Å². The molecule has 1 heterocycles. The molecule has 0 aliphatic carbocycles. The quantitative estimate of drug-likeness (QED) is 0.867. The highest BCUT2D eigenvalue weighted by Gasteiger charge is 2.51. The Morgan fingerprint density at radius 1 is 1.26 bits per heavy atom. The van der Waals surface area contributed by atoms with Crippen LogP contribution in [-0.2, 0) is 14.1 Å². The minimum absolute atomic E-state index is 0.0904. The van der Waals surface area contributed by atoms with E-state index in [2.05, 4.69) is 11.4 Å². The van der Waals surface area contributed by atoms with E-state index in [1.807, 2.05) is 40.7 Å². The highest BCUT2D eigenvalue weighted by atomic mass is 16.7. The third-order valence-electron chi connectivity index (χ3n) is 4.44. The van der Waals surface area contributed by atoms with Gasteiger partial charge in [-0.1, -0.05) is 13.0 Å². The van der Waals surface area contributed by atoms with E-state index in [0.29, 0.717) is 17.7 Å². The highest BCUT2D eigenvalue weighted by Crippen LogP contribution is 2.36. The standard InChI is InChI=1S/C17H23BN2O3/c1-6-7-15(21)20-14-9-8-13(10-12(14)11-19)18-22-16(2,3)17(4,5)23-18/h8-10H,6-7H2,1-5H3,(H,20,21). The van der Waals surface area contributed by atoms with Crippen molar-refractivity contribution in [1.82, 2.24) is 0 Å². The summed E-state index contributed by atoms with van der Waals surface area (Å²) in [5.74, 6) is -0.0904. The van der Waals surface area contributed by atoms with Crippen LogP contribution in [0.1, 0.15) is 53.0 Å². The summed E-state index contributed by atoms with van der Waals surface area (Å²) in [6, 6.07) is 7.39. The molecule has 1 aliphatic rings. The maximum atomic E-state index is 11.7. The lowest BCUT2D eigenvalue weighted by atomic mass is 9.78. The van der Waals surface area contributed by atoms with Crippen molar-refractivity contribution in [3.8, 4) is 6.07 Å². The van der Waals surface area contributed by atoms with E-state index in [0.717, 1.165) is 11.9 Å². The lowest BCUT2D eigenvalue weighted by molar-refractivity contribution is -0.116. The fourth-order valence-corrected chi connectivity index (χ4v) is 2.33. The van der Waals surface area contributed by atoms with Crippen LogP contribution in [-0.4, -0.2) is 24.2 Å². The molecule has 1 N–H and O–H groups in total. The smallest absolute Gasteiger partial charge is 0.399 e. The highest BCUT2D eigenvalue weighted by molar-refractivity contribution is 6.62. The number of nitrogens with zero attached hydrogens (tertiary/aromatic N) is 1. The minimum Gasteiger partial charge on any atom is -0.399 e. The lowest BCUT2D eigenvalue weighted by Gasteiger charge is -2.32. The Bertz CT molecular complexity index is 634. The number of carbonyl (C=O) groups excluding carboxylic acids is 1. The molecule has 6 heteroatoms. The number of amides is 1. The summed E-state index contributed by atoms with van der Waals surface area (Å²) in [4.78, 5) is 11.7. The first kappa shape index (κ1) is 17.5. The number of hydrogen-bond acceptors (Lipinski definition) is 4. The van der Waals surface area contributed by atoms with Crippen LogP contribution in [0.2, 0.25) is 0 Å². The third kappa shape index (κ3) is 3.57. The molecule has 23 heavy (non-hydrogen) atoms. The van der Waals surface area contributed by atoms with Crippen LogP contribution >= 0.6 is 0 Å². The molecule has 0 atom stereocenters. The zero-order valence-electron chi connectivity index (χ0n) is 14.4. The van der Waals surface area contributed by atoms with Crippen LogP contribution in [0.5, 0.6) is 0 Å². The Hall–Kier alpha value is -1.84. The molecular formula is C17H23BN2O3. The maximum absolute atomic E-state index is 11.7. The largest absolute Gasteiger partial charge is 0.494 e. The summed E-state index contributed by atoms with van der Waals surface area (Å²) >= 11 is 0. The molecule has 2 rings (SSSR count). The zero-order valence-corrected chi connectivity index (χ0v) is 14.4. The van der Waals surface area contributed by atoms with Crippen molar-refractivity contribution in [1.29, 1.82) is 5.26 Å². The van der Waals surface area contributed by atoms with Gasteiger partial charge in [-0.2, -0.15) is 5.26 Å². The molecule has 1 aliphatic heterocycles. The minimum atomic E-state index is -0.521. The molecule has 122 valence electrons. The van der Waals surface area contributed by atoms with Crippen molar-refractivity contribution in [2.45, 2.75) is 58.7 Å². The molecule has 5 nitrogen and oxygen atoms in total. The predicted octanol–water partition coefficient (Wildman–Crippen LogP) is 2.60. The number of nitrogens with one attached hydrogen (secondary N) is 1. The van der Waals surface area contributed by atoms with E-state index in [9.17, 15) is 10.1 Å². The molecule has 0 aromatic heterocycles. The number of nitriles is 1. The van der Waals surface area contributed by atoms with Crippen molar-refractivity contribution < 1.29 is 14.1 Å². The van der Waals surface area contributed by atoms with Gasteiger partial charge in [0.2, 0.25) is 5.91 Å². The van der Waals surface area contributed by atoms with Crippen LogP contribution in [0.25, 0.3) is 0 Å². The number of hydrogen-bond donors (Lipinski definition) is 1. The van der Waals surface area contributed by atoms with E-state index in [1.165, 1.54) is 0 Å². The predicted molar refractivity (Wildman–Crippen MR) is 90.4 cm³/mol. The van der Waals surface area contributed by atoms with Crippen LogP contribution in [0.4, 0.5) is 5.69 Å². The van der Waals surface area contributed by atoms with Gasteiger partial charge in [-0.05, 0) is 51.7 Å². The van der Waals surface area contributed by atoms with Crippen LogP contribution in [0, 0.1) is 11.3 Å². The normalized spacial score (nSPS) is 18.5. The maximum Gasteiger partial charge on any atom is 0.494 e. The van der Waals surface area contributed by atoms with Crippen LogP contribution in [0.15, 0.2) is 18.2 Å². The molecule has 1 saturated heterocycles. The zero-order chi connectivity index (χ0) is 17.3. The van der Waals surface area contributed by atoms with E-state index in [1.54, 1.807) is 12.1 Å². The van der Waals surface area contributed by atoms with Crippen molar-refractivity contribution in [3.63, 3.8) is 0 Å². The summed E-state index contributed by atoms with van der Waals surface area (Å²) in [7, 11) is -0.521. The molecule has 0 radical (unpaired) electrons. The van der Waals surface area contributed by atoms with Gasteiger partial charge in [-0.3, -0.25) is 4.79 Å². The van der Waals surface area contributed by atoms with Gasteiger partial charge in [0.15, 0.2) is 0 Å². The first-order valence-electron chi connectivity index (χ1n) is 7.89. The van der Waals surface area contributed by atoms with E-state index in [4.69, 9.17) is 9.31 Å². The Labute approximate surface area is 138 Å². The van der Waals surface area contributed by atoms with Gasteiger partial charge in [-0.25, -0.2) is 0 Å². The number of anilines is 1. The molecule has 1 fully saturated rings. The second-order valence-corrected chi connectivity index (χ2v) is 6.80. The molecule has 0 spiro atoms. The van der Waals surface area contributed by atoms with Crippen molar-refractivity contribution in [2.24, 2.45) is 0 Å². The van der Waals surface area contributed by atoms with Gasteiger partial charge in [-0.15, -0.1) is 0 Å². The summed E-state index contributed by atoms with van der Waals surface area (Å²) in [6.07, 6.45) is 1.20. The Kier molecular flexibility index (Phi) is 4.83. The molecular weight excluding hydrogens is 291 g/mol. The number of carbonyl (C=O) groups is 1. The van der Waals surface area contributed by atoms with Crippen LogP contribution < -0.4 is 10.8 Å². The second-order valence-electron chi connectivity index (χ2n) is 6.80. The molecule has 1 aromatic carbocycles. The summed E-state index contributed by atoms with van der Waals surface area (Å²) in [5, 5.41) is 12.1. The average Bonchev–Trinajstić information content (AvgIpc) is 2.68. The second kappa shape index (κ2) is 6.35. The van der Waals surface area contributed by atoms with Crippen molar-refractivity contribution in [2.75, 3.05) is 5.32 Å². The first-order chi connectivity index (χ1) is 10.7. The Balaban J connectivity index is 2.24. The topological polar surface area (TPSA) is 71.3 Å². The molecule has 1 aromatic rings. The third-order valence-corrected chi connectivity index (χ3v) is 4.44. The number of benzene rings is 1. The summed E-state index contributed by atoms with van der Waals surface area (Å²) in [6.45, 7) is 9.87. The molecule has 0 unspecified atom stereocenters. The lowest BCUT2D eigenvalue weighted by Crippen LogP contribution is -2.41. The summed E-state index contributed by atoms with van der Waals surface area (Å²) in [5.41, 5.74) is 0.832. The number of rotatable bonds is 4. The monoisotopic (exact) mass is 314 g/mol. The van der Waals surface area contributed by atoms with E-state index in [-0.39, 0.29) is 5.91 Å². The molecule has 1 amide bonds. The van der Waals surface area contributed by atoms with Crippen molar-refractivity contribution in [3.05, 3.63) is 23.8 Å². The first-order valence-corrected chi connectivity index (χ1v) is 7.89. The Morgan fingerprint density at radius 2 is 1.87 bits per heavy atom. The van der Waals surface area contributed by atoms with Gasteiger partial charge in [0.25, 0.3) is 0 Å². The average molecular weight is 314 g/mol. The fourth-order valence-electron chi connectivity index (χ4n) is 2.33. The summed E-state index contributed by atoms with van der Waals surface area (Å²) < 4.78 is 12.0. The van der Waals surface area contributed by atoms with Crippen molar-refractivity contribution >= 4 is 24.2 Å². The Morgan fingerprint density at radius 3 is 2.39 bits per heavy atom. The molecule has 0 saturated carbocycles. The SMILES string of the molecule is CCCC(=O)Nc1ccc(B2OC(C)(C)C(C)(C)O2)cc1C#N. The van der Waals surface area contributed by atoms with Crippen LogP contribution in [0.3, 0.4) is 0 Å². The van der Waals surface area contributed by atoms with E-state index < -0.39 is 18.3 Å². The van der Waals surface area contributed by atoms with Gasteiger partial charge in [0.05, 0.1) is 22.5 Å². The fraction of sp³-hybridized carbons (Fsp3) is 0.529. The van der Waals surface area contributed by atoms with Gasteiger partial charge >= 0.3 is 7.12 Å². The van der Waals surface area contributed by atoms with Gasteiger partial charge < -0.3 is 14.6 Å². The van der Waals surface area contributed by atoms with Gasteiger partial charge in [0, 0.05) is 6.42 Å². The molecule has 0 bridgehead atoms. The van der Waals surface area contributed by atoms with Gasteiger partial charge in [0.1, 0.15) is 6.07 Å².